The van der Waals surface area contributed by atoms with Crippen LogP contribution in [-0.4, -0.2) is 10.7 Å². The smallest absolute Gasteiger partial charge is 0.0591 e. The summed E-state index contributed by atoms with van der Waals surface area (Å²) < 4.78 is 0. The first-order chi connectivity index (χ1) is 5.27. The monoisotopic (exact) mass is 170 g/mol. The Labute approximate surface area is 76.5 Å². The van der Waals surface area contributed by atoms with Gasteiger partial charge < -0.3 is 5.11 Å². The number of aliphatic hydroxyl groups is 1. The molecule has 0 aromatic rings. The summed E-state index contributed by atoms with van der Waals surface area (Å²) in [5.74, 6) is 0. The molecule has 0 radical (unpaired) electrons. The molecule has 1 heteroatoms. The number of hydrogen-bond acceptors (Lipinski definition) is 1. The lowest BCUT2D eigenvalue weighted by molar-refractivity contribution is 0.0660. The van der Waals surface area contributed by atoms with Gasteiger partial charge in [-0.15, -0.1) is 6.58 Å². The van der Waals surface area contributed by atoms with Crippen molar-refractivity contribution in [2.75, 3.05) is 0 Å². The fraction of sp³-hybridized carbons (Fsp3) is 0.818. The fourth-order valence-electron chi connectivity index (χ4n) is 1.08. The summed E-state index contributed by atoms with van der Waals surface area (Å²) in [7, 11) is 0. The molecular formula is C11H22O. The van der Waals surface area contributed by atoms with Gasteiger partial charge in [0.05, 0.1) is 5.60 Å². The average molecular weight is 170 g/mol. The van der Waals surface area contributed by atoms with Crippen molar-refractivity contribution in [3.05, 3.63) is 12.7 Å². The molecule has 12 heavy (non-hydrogen) atoms. The maximum atomic E-state index is 9.46. The third kappa shape index (κ3) is 6.41. The van der Waals surface area contributed by atoms with Gasteiger partial charge in [0.15, 0.2) is 0 Å². The van der Waals surface area contributed by atoms with Gasteiger partial charge in [-0.05, 0) is 38.5 Å². The van der Waals surface area contributed by atoms with Crippen LogP contribution >= 0.6 is 0 Å². The maximum absolute atomic E-state index is 9.46. The first-order valence-electron chi connectivity index (χ1n) is 4.63. The van der Waals surface area contributed by atoms with E-state index in [4.69, 9.17) is 0 Å². The predicted octanol–water partition coefficient (Wildman–Crippen LogP) is 3.14. The Morgan fingerprint density at radius 2 is 1.67 bits per heavy atom. The summed E-state index contributed by atoms with van der Waals surface area (Å²) in [5.41, 5.74) is -0.303. The van der Waals surface area contributed by atoms with E-state index in [9.17, 15) is 5.11 Å². The number of rotatable bonds is 5. The molecule has 0 aromatic carbocycles. The lowest BCUT2D eigenvalue weighted by Crippen LogP contribution is -2.19. The molecule has 0 heterocycles. The fourth-order valence-corrected chi connectivity index (χ4v) is 1.08. The molecule has 0 aromatic heterocycles. The minimum Gasteiger partial charge on any atom is -0.390 e. The van der Waals surface area contributed by atoms with Crippen LogP contribution in [0.15, 0.2) is 12.7 Å². The van der Waals surface area contributed by atoms with Crippen molar-refractivity contribution in [2.24, 2.45) is 5.41 Å². The topological polar surface area (TPSA) is 20.2 Å². The molecular weight excluding hydrogens is 148 g/mol. The van der Waals surface area contributed by atoms with E-state index >= 15 is 0 Å². The zero-order valence-corrected chi connectivity index (χ0v) is 8.85. The van der Waals surface area contributed by atoms with Crippen molar-refractivity contribution in [1.29, 1.82) is 0 Å². The van der Waals surface area contributed by atoms with Crippen molar-refractivity contribution < 1.29 is 5.11 Å². The molecule has 0 atom stereocenters. The molecule has 0 unspecified atom stereocenters. The quantitative estimate of drug-likeness (QED) is 0.628. The third-order valence-electron chi connectivity index (χ3n) is 2.16. The molecule has 0 saturated heterocycles. The summed E-state index contributed by atoms with van der Waals surface area (Å²) in [5, 5.41) is 9.46. The predicted molar refractivity (Wildman–Crippen MR) is 54.1 cm³/mol. The van der Waals surface area contributed by atoms with Gasteiger partial charge in [0.1, 0.15) is 0 Å². The molecule has 72 valence electrons. The zero-order chi connectivity index (χ0) is 9.83. The highest BCUT2D eigenvalue weighted by atomic mass is 16.3. The molecule has 0 aliphatic rings. The average Bonchev–Trinajstić information content (AvgIpc) is 1.84. The summed E-state index contributed by atoms with van der Waals surface area (Å²) in [6.45, 7) is 11.8. The summed E-state index contributed by atoms with van der Waals surface area (Å²) >= 11 is 0. The van der Waals surface area contributed by atoms with Crippen LogP contribution in [0.25, 0.3) is 0 Å². The maximum Gasteiger partial charge on any atom is 0.0591 e. The number of hydrogen-bond donors (Lipinski definition) is 1. The van der Waals surface area contributed by atoms with Gasteiger partial charge >= 0.3 is 0 Å². The molecule has 1 nitrogen and oxygen atoms in total. The minimum atomic E-state index is -0.517. The van der Waals surface area contributed by atoms with Gasteiger partial charge in [-0.1, -0.05) is 19.9 Å². The molecule has 0 bridgehead atoms. The van der Waals surface area contributed by atoms with E-state index in [-0.39, 0.29) is 5.41 Å². The van der Waals surface area contributed by atoms with E-state index in [1.807, 2.05) is 19.9 Å². The Morgan fingerprint density at radius 3 is 2.00 bits per heavy atom. The van der Waals surface area contributed by atoms with Crippen LogP contribution in [0.2, 0.25) is 0 Å². The van der Waals surface area contributed by atoms with Crippen molar-refractivity contribution in [1.82, 2.24) is 0 Å². The van der Waals surface area contributed by atoms with E-state index < -0.39 is 5.60 Å². The third-order valence-corrected chi connectivity index (χ3v) is 2.16. The van der Waals surface area contributed by atoms with Crippen molar-refractivity contribution in [3.8, 4) is 0 Å². The van der Waals surface area contributed by atoms with Crippen LogP contribution < -0.4 is 0 Å². The molecule has 0 spiro atoms. The zero-order valence-electron chi connectivity index (χ0n) is 8.85. The van der Waals surface area contributed by atoms with Crippen LogP contribution in [0.1, 0.15) is 47.0 Å². The Bertz CT molecular complexity index is 140. The van der Waals surface area contributed by atoms with E-state index in [0.717, 1.165) is 19.3 Å². The molecule has 0 aliphatic heterocycles. The molecule has 0 saturated carbocycles. The Kier molecular flexibility index (Phi) is 3.98. The lowest BCUT2D eigenvalue weighted by Gasteiger charge is -2.22. The molecule has 0 rings (SSSR count). The second kappa shape index (κ2) is 4.08. The largest absolute Gasteiger partial charge is 0.390 e. The Morgan fingerprint density at radius 1 is 1.17 bits per heavy atom. The normalized spacial score (nSPS) is 13.1. The van der Waals surface area contributed by atoms with Crippen LogP contribution in [0, 0.1) is 5.41 Å². The second-order valence-corrected chi connectivity index (χ2v) is 4.86. The van der Waals surface area contributed by atoms with Gasteiger partial charge in [0.2, 0.25) is 0 Å². The Balaban J connectivity index is 3.64. The summed E-state index contributed by atoms with van der Waals surface area (Å²) in [6.07, 6.45) is 5.00. The van der Waals surface area contributed by atoms with Crippen molar-refractivity contribution >= 4 is 0 Å². The van der Waals surface area contributed by atoms with Crippen LogP contribution in [0.4, 0.5) is 0 Å². The standard InChI is InChI=1S/C11H22O/c1-6-10(2,3)8-7-9-11(4,5)12/h6,12H,1,7-9H2,2-5H3. The molecule has 0 aliphatic carbocycles. The summed E-state index contributed by atoms with van der Waals surface area (Å²) in [6, 6.07) is 0. The highest BCUT2D eigenvalue weighted by molar-refractivity contribution is 4.87. The molecule has 0 fully saturated rings. The lowest BCUT2D eigenvalue weighted by atomic mass is 9.86. The van der Waals surface area contributed by atoms with E-state index in [1.54, 1.807) is 0 Å². The van der Waals surface area contributed by atoms with Gasteiger partial charge in [0.25, 0.3) is 0 Å². The first-order valence-corrected chi connectivity index (χ1v) is 4.63. The Hall–Kier alpha value is -0.300. The van der Waals surface area contributed by atoms with E-state index in [0.29, 0.717) is 0 Å². The first kappa shape index (κ1) is 11.7. The van der Waals surface area contributed by atoms with Gasteiger partial charge in [-0.25, -0.2) is 0 Å². The minimum absolute atomic E-state index is 0.214. The van der Waals surface area contributed by atoms with Gasteiger partial charge in [0, 0.05) is 0 Å². The SMILES string of the molecule is C=CC(C)(C)CCCC(C)(C)O. The summed E-state index contributed by atoms with van der Waals surface area (Å²) in [4.78, 5) is 0. The van der Waals surface area contributed by atoms with Crippen LogP contribution in [-0.2, 0) is 0 Å². The van der Waals surface area contributed by atoms with Gasteiger partial charge in [-0.2, -0.15) is 0 Å². The van der Waals surface area contributed by atoms with Crippen LogP contribution in [0.5, 0.6) is 0 Å². The van der Waals surface area contributed by atoms with Gasteiger partial charge in [-0.3, -0.25) is 0 Å². The second-order valence-electron chi connectivity index (χ2n) is 4.86. The highest BCUT2D eigenvalue weighted by Gasteiger charge is 2.16. The van der Waals surface area contributed by atoms with Crippen molar-refractivity contribution in [3.63, 3.8) is 0 Å². The van der Waals surface area contributed by atoms with E-state index in [2.05, 4.69) is 20.4 Å². The highest BCUT2D eigenvalue weighted by Crippen LogP contribution is 2.25. The van der Waals surface area contributed by atoms with Crippen molar-refractivity contribution in [2.45, 2.75) is 52.6 Å². The number of allylic oxidation sites excluding steroid dienone is 1. The molecule has 1 N–H and O–H groups in total. The molecule has 0 amide bonds. The van der Waals surface area contributed by atoms with E-state index in [1.165, 1.54) is 0 Å². The van der Waals surface area contributed by atoms with Crippen LogP contribution in [0.3, 0.4) is 0 Å².